The minimum atomic E-state index is 0. The molecule has 2 fully saturated rings. The number of hydrogen-bond acceptors (Lipinski definition) is 2. The maximum atomic E-state index is 11.6. The molecule has 0 spiro atoms. The van der Waals surface area contributed by atoms with Gasteiger partial charge in [0.05, 0.1) is 0 Å². The van der Waals surface area contributed by atoms with Crippen LogP contribution >= 0.6 is 0 Å². The molecule has 2 aliphatic rings. The van der Waals surface area contributed by atoms with Gasteiger partial charge in [-0.3, -0.25) is 4.79 Å². The molecule has 3 N–H and O–H groups in total. The van der Waals surface area contributed by atoms with Gasteiger partial charge in [0.1, 0.15) is 5.78 Å². The third-order valence-electron chi connectivity index (χ3n) is 4.48. The van der Waals surface area contributed by atoms with Gasteiger partial charge in [-0.2, -0.15) is 0 Å². The maximum Gasteiger partial charge on any atom is 0.139 e. The summed E-state index contributed by atoms with van der Waals surface area (Å²) >= 11 is 0. The molecule has 12 heavy (non-hydrogen) atoms. The highest BCUT2D eigenvalue weighted by Gasteiger charge is 2.61. The number of hydrogen-bond donors (Lipinski definition) is 1. The van der Waals surface area contributed by atoms with E-state index in [0.29, 0.717) is 11.7 Å². The fourth-order valence-electron chi connectivity index (χ4n) is 2.90. The molecule has 0 aromatic carbocycles. The molecule has 2 rings (SSSR count). The van der Waals surface area contributed by atoms with Gasteiger partial charge in [0.2, 0.25) is 0 Å². The Morgan fingerprint density at radius 2 is 1.92 bits per heavy atom. The summed E-state index contributed by atoms with van der Waals surface area (Å²) in [4.78, 5) is 11.6. The third-order valence-corrected chi connectivity index (χ3v) is 4.48. The lowest BCUT2D eigenvalue weighted by molar-refractivity contribution is -0.128. The largest absolute Gasteiger partial charge is 0.344 e. The molecule has 2 bridgehead atoms. The first-order chi connectivity index (χ1) is 4.98. The molecular formula is C10H19NO. The minimum Gasteiger partial charge on any atom is -0.344 e. The normalized spacial score (nSPS) is 42.9. The third kappa shape index (κ3) is 0.764. The molecular weight excluding hydrogens is 150 g/mol. The Hall–Kier alpha value is -0.370. The summed E-state index contributed by atoms with van der Waals surface area (Å²) in [7, 11) is 0. The summed E-state index contributed by atoms with van der Waals surface area (Å²) in [5.41, 5.74) is 0.307. The van der Waals surface area contributed by atoms with Crippen LogP contribution in [0.25, 0.3) is 0 Å². The lowest BCUT2D eigenvalue weighted by atomic mass is 9.70. The molecule has 0 aliphatic heterocycles. The Morgan fingerprint density at radius 1 is 1.33 bits per heavy atom. The molecule has 0 amide bonds. The van der Waals surface area contributed by atoms with Gasteiger partial charge >= 0.3 is 0 Å². The predicted molar refractivity (Wildman–Crippen MR) is 49.3 cm³/mol. The molecule has 2 nitrogen and oxygen atoms in total. The van der Waals surface area contributed by atoms with Gasteiger partial charge < -0.3 is 6.15 Å². The average Bonchev–Trinajstić information content (AvgIpc) is 2.20. The van der Waals surface area contributed by atoms with Crippen molar-refractivity contribution < 1.29 is 4.79 Å². The van der Waals surface area contributed by atoms with E-state index in [1.54, 1.807) is 0 Å². The molecule has 2 atom stereocenters. The monoisotopic (exact) mass is 169 g/mol. The van der Waals surface area contributed by atoms with Crippen molar-refractivity contribution in [3.05, 3.63) is 0 Å². The van der Waals surface area contributed by atoms with E-state index < -0.39 is 0 Å². The summed E-state index contributed by atoms with van der Waals surface area (Å²) < 4.78 is 0. The molecule has 2 aliphatic carbocycles. The zero-order valence-corrected chi connectivity index (χ0v) is 8.31. The second-order valence-corrected chi connectivity index (χ2v) is 4.92. The van der Waals surface area contributed by atoms with Crippen molar-refractivity contribution in [3.8, 4) is 0 Å². The summed E-state index contributed by atoms with van der Waals surface area (Å²) in [5, 5.41) is 0. The van der Waals surface area contributed by atoms with Crippen LogP contribution in [0.5, 0.6) is 0 Å². The van der Waals surface area contributed by atoms with E-state index in [2.05, 4.69) is 20.8 Å². The highest BCUT2D eigenvalue weighted by molar-refractivity contribution is 5.89. The first-order valence-electron chi connectivity index (χ1n) is 4.52. The lowest BCUT2D eigenvalue weighted by Crippen LogP contribution is -2.32. The first-order valence-corrected chi connectivity index (χ1v) is 4.52. The molecule has 2 heteroatoms. The number of fused-ring (bicyclic) bond motifs is 2. The Balaban J connectivity index is 0.000000720. The van der Waals surface area contributed by atoms with Crippen molar-refractivity contribution in [2.24, 2.45) is 16.7 Å². The minimum absolute atomic E-state index is 0. The van der Waals surface area contributed by atoms with Crippen LogP contribution in [0.3, 0.4) is 0 Å². The number of carbonyl (C=O) groups is 1. The van der Waals surface area contributed by atoms with E-state index in [-0.39, 0.29) is 17.0 Å². The van der Waals surface area contributed by atoms with Crippen LogP contribution in [0.2, 0.25) is 0 Å². The van der Waals surface area contributed by atoms with Crippen LogP contribution in [0.4, 0.5) is 0 Å². The molecule has 70 valence electrons. The van der Waals surface area contributed by atoms with Crippen molar-refractivity contribution in [2.45, 2.75) is 40.0 Å². The highest BCUT2D eigenvalue weighted by atomic mass is 16.1. The van der Waals surface area contributed by atoms with Gasteiger partial charge in [-0.15, -0.1) is 0 Å². The molecule has 0 saturated heterocycles. The first kappa shape index (κ1) is 9.72. The standard InChI is InChI=1S/C10H16O.H3N/c1-9(2)7-4-5-10(9,3)8(11)6-7;/h7H,4-6H2,1-3H3;1H3. The van der Waals surface area contributed by atoms with Gasteiger partial charge in [0, 0.05) is 11.8 Å². The topological polar surface area (TPSA) is 52.1 Å². The van der Waals surface area contributed by atoms with Crippen LogP contribution in [0.1, 0.15) is 40.0 Å². The predicted octanol–water partition coefficient (Wildman–Crippen LogP) is 2.56. The Morgan fingerprint density at radius 3 is 2.08 bits per heavy atom. The van der Waals surface area contributed by atoms with Crippen molar-refractivity contribution in [2.75, 3.05) is 0 Å². The fraction of sp³-hybridized carbons (Fsp3) is 0.900. The van der Waals surface area contributed by atoms with Crippen molar-refractivity contribution >= 4 is 5.78 Å². The smallest absolute Gasteiger partial charge is 0.139 e. The van der Waals surface area contributed by atoms with E-state index in [0.717, 1.165) is 12.8 Å². The second-order valence-electron chi connectivity index (χ2n) is 4.92. The second kappa shape index (κ2) is 2.32. The summed E-state index contributed by atoms with van der Waals surface area (Å²) in [6.07, 6.45) is 3.25. The highest BCUT2D eigenvalue weighted by Crippen LogP contribution is 2.63. The number of Topliss-reactive ketones (excluding diaryl/α,β-unsaturated/α-hetero) is 1. The summed E-state index contributed by atoms with van der Waals surface area (Å²) in [6.45, 7) is 6.67. The van der Waals surface area contributed by atoms with Crippen LogP contribution in [-0.2, 0) is 4.79 Å². The zero-order chi connectivity index (χ0) is 8.28. The molecule has 0 aromatic rings. The molecule has 0 radical (unpaired) electrons. The van der Waals surface area contributed by atoms with E-state index >= 15 is 0 Å². The quantitative estimate of drug-likeness (QED) is 0.606. The van der Waals surface area contributed by atoms with Gasteiger partial charge in [-0.05, 0) is 24.2 Å². The van der Waals surface area contributed by atoms with Gasteiger partial charge in [-0.25, -0.2) is 0 Å². The molecule has 2 saturated carbocycles. The SMILES string of the molecule is CC12CCC(CC1=O)C2(C)C.N. The molecule has 2 unspecified atom stereocenters. The van der Waals surface area contributed by atoms with Crippen molar-refractivity contribution in [1.82, 2.24) is 6.15 Å². The average molecular weight is 169 g/mol. The van der Waals surface area contributed by atoms with Crippen molar-refractivity contribution in [1.29, 1.82) is 0 Å². The Bertz CT molecular complexity index is 222. The van der Waals surface area contributed by atoms with E-state index in [9.17, 15) is 4.79 Å². The van der Waals surface area contributed by atoms with E-state index in [1.807, 2.05) is 0 Å². The van der Waals surface area contributed by atoms with Gasteiger partial charge in [-0.1, -0.05) is 20.8 Å². The summed E-state index contributed by atoms with van der Waals surface area (Å²) in [5.74, 6) is 1.19. The van der Waals surface area contributed by atoms with Crippen LogP contribution in [0, 0.1) is 16.7 Å². The number of ketones is 1. The maximum absolute atomic E-state index is 11.6. The zero-order valence-electron chi connectivity index (χ0n) is 8.31. The number of rotatable bonds is 0. The van der Waals surface area contributed by atoms with E-state index in [1.165, 1.54) is 6.42 Å². The van der Waals surface area contributed by atoms with Crippen molar-refractivity contribution in [3.63, 3.8) is 0 Å². The van der Waals surface area contributed by atoms with Gasteiger partial charge in [0.25, 0.3) is 0 Å². The lowest BCUT2D eigenvalue weighted by Gasteiger charge is -2.32. The van der Waals surface area contributed by atoms with Crippen LogP contribution in [0.15, 0.2) is 0 Å². The molecule has 0 heterocycles. The van der Waals surface area contributed by atoms with Gasteiger partial charge in [0.15, 0.2) is 0 Å². The fourth-order valence-corrected chi connectivity index (χ4v) is 2.90. The molecule has 0 aromatic heterocycles. The van der Waals surface area contributed by atoms with Crippen LogP contribution < -0.4 is 6.15 Å². The Labute approximate surface area is 74.3 Å². The van der Waals surface area contributed by atoms with Crippen LogP contribution in [-0.4, -0.2) is 5.78 Å². The summed E-state index contributed by atoms with van der Waals surface area (Å²) in [6, 6.07) is 0. The number of carbonyl (C=O) groups excluding carboxylic acids is 1. The Kier molecular flexibility index (Phi) is 1.88. The van der Waals surface area contributed by atoms with E-state index in [4.69, 9.17) is 0 Å².